The standard InChI is InChI=1S/C9H8F3NO2/c1-4-3-13-9(12)7(8(10)11)5(4)2-6(14)15/h3,8H,2H2,1H3,(H,14,15). The fraction of sp³-hybridized carbons (Fsp3) is 0.333. The first-order valence-electron chi connectivity index (χ1n) is 4.07. The largest absolute Gasteiger partial charge is 0.481 e. The zero-order valence-corrected chi connectivity index (χ0v) is 7.80. The molecule has 82 valence electrons. The Kier molecular flexibility index (Phi) is 3.28. The van der Waals surface area contributed by atoms with Crippen LogP contribution in [0.3, 0.4) is 0 Å². The molecule has 1 aromatic rings. The molecule has 0 saturated heterocycles. The SMILES string of the molecule is Cc1cnc(F)c(C(F)F)c1CC(=O)O. The topological polar surface area (TPSA) is 50.2 Å². The molecule has 0 saturated carbocycles. The van der Waals surface area contributed by atoms with Crippen LogP contribution in [0.25, 0.3) is 0 Å². The fourth-order valence-electron chi connectivity index (χ4n) is 1.25. The Hall–Kier alpha value is -1.59. The van der Waals surface area contributed by atoms with E-state index in [4.69, 9.17) is 5.11 Å². The quantitative estimate of drug-likeness (QED) is 0.792. The first-order valence-corrected chi connectivity index (χ1v) is 4.07. The van der Waals surface area contributed by atoms with Crippen LogP contribution in [-0.4, -0.2) is 16.1 Å². The summed E-state index contributed by atoms with van der Waals surface area (Å²) in [5, 5.41) is 8.50. The van der Waals surface area contributed by atoms with Crippen molar-refractivity contribution in [3.8, 4) is 0 Å². The van der Waals surface area contributed by atoms with Crippen molar-refractivity contribution in [2.45, 2.75) is 19.8 Å². The van der Waals surface area contributed by atoms with E-state index in [1.165, 1.54) is 6.92 Å². The zero-order chi connectivity index (χ0) is 11.6. The molecule has 0 aromatic carbocycles. The minimum Gasteiger partial charge on any atom is -0.481 e. The maximum atomic E-state index is 12.9. The van der Waals surface area contributed by atoms with Crippen LogP contribution < -0.4 is 0 Å². The summed E-state index contributed by atoms with van der Waals surface area (Å²) in [6, 6.07) is 0. The second-order valence-corrected chi connectivity index (χ2v) is 3.00. The molecule has 1 heterocycles. The molecule has 1 rings (SSSR count). The van der Waals surface area contributed by atoms with Crippen LogP contribution in [0.1, 0.15) is 23.1 Å². The zero-order valence-electron chi connectivity index (χ0n) is 7.80. The van der Waals surface area contributed by atoms with Gasteiger partial charge in [-0.15, -0.1) is 0 Å². The Morgan fingerprint density at radius 3 is 2.67 bits per heavy atom. The predicted molar refractivity (Wildman–Crippen MR) is 45.2 cm³/mol. The molecule has 0 aliphatic heterocycles. The van der Waals surface area contributed by atoms with Crippen molar-refractivity contribution in [1.82, 2.24) is 4.98 Å². The van der Waals surface area contributed by atoms with Gasteiger partial charge in [0.2, 0.25) is 5.95 Å². The van der Waals surface area contributed by atoms with E-state index < -0.39 is 30.3 Å². The number of carboxylic acids is 1. The minimum atomic E-state index is -3.06. The number of aromatic nitrogens is 1. The van der Waals surface area contributed by atoms with Gasteiger partial charge in [0.25, 0.3) is 6.43 Å². The van der Waals surface area contributed by atoms with Crippen molar-refractivity contribution < 1.29 is 23.1 Å². The highest BCUT2D eigenvalue weighted by atomic mass is 19.3. The van der Waals surface area contributed by atoms with E-state index >= 15 is 0 Å². The van der Waals surface area contributed by atoms with Gasteiger partial charge in [0, 0.05) is 6.20 Å². The van der Waals surface area contributed by atoms with Crippen LogP contribution in [0.4, 0.5) is 13.2 Å². The average molecular weight is 219 g/mol. The minimum absolute atomic E-state index is 0.204. The second-order valence-electron chi connectivity index (χ2n) is 3.00. The molecule has 0 radical (unpaired) electrons. The molecule has 6 heteroatoms. The summed E-state index contributed by atoms with van der Waals surface area (Å²) >= 11 is 0. The van der Waals surface area contributed by atoms with Crippen LogP contribution >= 0.6 is 0 Å². The molecule has 1 N–H and O–H groups in total. The first-order chi connectivity index (χ1) is 6.93. The van der Waals surface area contributed by atoms with Crippen molar-refractivity contribution in [3.63, 3.8) is 0 Å². The van der Waals surface area contributed by atoms with Crippen molar-refractivity contribution >= 4 is 5.97 Å². The maximum Gasteiger partial charge on any atom is 0.307 e. The Balaban J connectivity index is 3.31. The lowest BCUT2D eigenvalue weighted by Crippen LogP contribution is -2.09. The van der Waals surface area contributed by atoms with Gasteiger partial charge in [-0.05, 0) is 18.1 Å². The van der Waals surface area contributed by atoms with E-state index in [9.17, 15) is 18.0 Å². The van der Waals surface area contributed by atoms with Gasteiger partial charge in [-0.2, -0.15) is 4.39 Å². The molecule has 15 heavy (non-hydrogen) atoms. The number of nitrogens with zero attached hydrogens (tertiary/aromatic N) is 1. The van der Waals surface area contributed by atoms with E-state index in [2.05, 4.69) is 4.98 Å². The predicted octanol–water partition coefficient (Wildman–Crippen LogP) is 2.09. The van der Waals surface area contributed by atoms with Gasteiger partial charge in [-0.25, -0.2) is 13.8 Å². The number of carboxylic acid groups (broad SMARTS) is 1. The van der Waals surface area contributed by atoms with E-state index in [0.717, 1.165) is 6.20 Å². The highest BCUT2D eigenvalue weighted by Crippen LogP contribution is 2.27. The monoisotopic (exact) mass is 219 g/mol. The molecule has 1 aromatic heterocycles. The summed E-state index contributed by atoms with van der Waals surface area (Å²) < 4.78 is 37.8. The first kappa shape index (κ1) is 11.5. The Morgan fingerprint density at radius 2 is 2.20 bits per heavy atom. The van der Waals surface area contributed by atoms with Gasteiger partial charge in [0.1, 0.15) is 0 Å². The van der Waals surface area contributed by atoms with Crippen LogP contribution in [0.5, 0.6) is 0 Å². The lowest BCUT2D eigenvalue weighted by molar-refractivity contribution is -0.136. The van der Waals surface area contributed by atoms with Gasteiger partial charge in [0.15, 0.2) is 0 Å². The number of alkyl halides is 2. The van der Waals surface area contributed by atoms with Gasteiger partial charge < -0.3 is 5.11 Å². The number of halogens is 3. The van der Waals surface area contributed by atoms with E-state index in [1.807, 2.05) is 0 Å². The van der Waals surface area contributed by atoms with Gasteiger partial charge in [0.05, 0.1) is 12.0 Å². The van der Waals surface area contributed by atoms with Gasteiger partial charge in [-0.3, -0.25) is 4.79 Å². The number of aliphatic carboxylic acids is 1. The van der Waals surface area contributed by atoms with Crippen LogP contribution in [0, 0.1) is 12.9 Å². The summed E-state index contributed by atoms with van der Waals surface area (Å²) in [4.78, 5) is 13.5. The molecular weight excluding hydrogens is 211 g/mol. The van der Waals surface area contributed by atoms with E-state index in [1.54, 1.807) is 0 Å². The van der Waals surface area contributed by atoms with Gasteiger partial charge in [-0.1, -0.05) is 0 Å². The summed E-state index contributed by atoms with van der Waals surface area (Å²) in [7, 11) is 0. The smallest absolute Gasteiger partial charge is 0.307 e. The number of hydrogen-bond donors (Lipinski definition) is 1. The molecule has 0 aliphatic rings. The normalized spacial score (nSPS) is 10.7. The summed E-state index contributed by atoms with van der Waals surface area (Å²) in [6.07, 6.45) is -2.66. The van der Waals surface area contributed by atoms with Crippen molar-refractivity contribution in [2.24, 2.45) is 0 Å². The van der Waals surface area contributed by atoms with Gasteiger partial charge >= 0.3 is 5.97 Å². The average Bonchev–Trinajstić information content (AvgIpc) is 2.10. The molecule has 0 fully saturated rings. The third-order valence-corrected chi connectivity index (χ3v) is 1.94. The lowest BCUT2D eigenvalue weighted by Gasteiger charge is -2.10. The summed E-state index contributed by atoms with van der Waals surface area (Å²) in [6.45, 7) is 1.41. The van der Waals surface area contributed by atoms with Crippen molar-refractivity contribution in [3.05, 3.63) is 28.8 Å². The Morgan fingerprint density at radius 1 is 1.60 bits per heavy atom. The molecular formula is C9H8F3NO2. The molecule has 0 bridgehead atoms. The van der Waals surface area contributed by atoms with Crippen LogP contribution in [0.2, 0.25) is 0 Å². The number of hydrogen-bond acceptors (Lipinski definition) is 2. The van der Waals surface area contributed by atoms with E-state index in [0.29, 0.717) is 0 Å². The number of carbonyl (C=O) groups is 1. The molecule has 3 nitrogen and oxygen atoms in total. The third kappa shape index (κ3) is 2.45. The molecule has 0 atom stereocenters. The highest BCUT2D eigenvalue weighted by molar-refractivity contribution is 5.71. The Bertz CT molecular complexity index is 393. The van der Waals surface area contributed by atoms with Crippen LogP contribution in [-0.2, 0) is 11.2 Å². The number of pyridine rings is 1. The maximum absolute atomic E-state index is 12.9. The summed E-state index contributed by atoms with van der Waals surface area (Å²) in [5.41, 5.74) is -0.878. The summed E-state index contributed by atoms with van der Waals surface area (Å²) in [5.74, 6) is -2.60. The molecule has 0 spiro atoms. The van der Waals surface area contributed by atoms with Crippen LogP contribution in [0.15, 0.2) is 6.20 Å². The van der Waals surface area contributed by atoms with Crippen molar-refractivity contribution in [2.75, 3.05) is 0 Å². The lowest BCUT2D eigenvalue weighted by atomic mass is 10.0. The highest BCUT2D eigenvalue weighted by Gasteiger charge is 2.22. The Labute approximate surface area is 83.6 Å². The number of rotatable bonds is 3. The molecule has 0 amide bonds. The fourth-order valence-corrected chi connectivity index (χ4v) is 1.25. The molecule has 0 unspecified atom stereocenters. The van der Waals surface area contributed by atoms with E-state index in [-0.39, 0.29) is 11.1 Å². The molecule has 0 aliphatic carbocycles. The second kappa shape index (κ2) is 4.29. The number of aryl methyl sites for hydroxylation is 1. The van der Waals surface area contributed by atoms with Crippen molar-refractivity contribution in [1.29, 1.82) is 0 Å². The third-order valence-electron chi connectivity index (χ3n) is 1.94.